The van der Waals surface area contributed by atoms with Crippen molar-refractivity contribution >= 4 is 5.91 Å². The number of methoxy groups -OCH3 is 1. The number of carbonyl (C=O) groups is 1. The van der Waals surface area contributed by atoms with Gasteiger partial charge in [-0.25, -0.2) is 0 Å². The first-order valence-electron chi connectivity index (χ1n) is 7.61. The van der Waals surface area contributed by atoms with Crippen LogP contribution < -0.4 is 10.6 Å². The zero-order chi connectivity index (χ0) is 15.3. The highest BCUT2D eigenvalue weighted by Gasteiger charge is 2.29. The van der Waals surface area contributed by atoms with Gasteiger partial charge in [0.2, 0.25) is 5.91 Å². The number of benzene rings is 1. The van der Waals surface area contributed by atoms with E-state index in [4.69, 9.17) is 4.74 Å². The van der Waals surface area contributed by atoms with Gasteiger partial charge in [0.25, 0.3) is 0 Å². The van der Waals surface area contributed by atoms with Crippen molar-refractivity contribution in [1.82, 2.24) is 10.6 Å². The van der Waals surface area contributed by atoms with Gasteiger partial charge in [-0.15, -0.1) is 0 Å². The first kappa shape index (κ1) is 16.0. The van der Waals surface area contributed by atoms with E-state index in [0.717, 1.165) is 19.5 Å². The molecule has 2 N–H and O–H groups in total. The molecule has 0 saturated carbocycles. The molecule has 4 heteroatoms. The minimum Gasteiger partial charge on any atom is -0.378 e. The van der Waals surface area contributed by atoms with Crippen LogP contribution in [0.15, 0.2) is 30.3 Å². The molecule has 1 saturated heterocycles. The summed E-state index contributed by atoms with van der Waals surface area (Å²) in [5, 5.41) is 6.31. The summed E-state index contributed by atoms with van der Waals surface area (Å²) in [5.41, 5.74) is 1.28. The van der Waals surface area contributed by atoms with E-state index in [1.807, 2.05) is 18.2 Å². The van der Waals surface area contributed by atoms with Gasteiger partial charge in [-0.1, -0.05) is 44.2 Å². The van der Waals surface area contributed by atoms with Crippen LogP contribution in [-0.2, 0) is 14.9 Å². The summed E-state index contributed by atoms with van der Waals surface area (Å²) in [6.45, 7) is 5.96. The summed E-state index contributed by atoms with van der Waals surface area (Å²) in [6.07, 6.45) is 1.45. The third kappa shape index (κ3) is 4.29. The van der Waals surface area contributed by atoms with Crippen molar-refractivity contribution < 1.29 is 9.53 Å². The molecule has 2 atom stereocenters. The van der Waals surface area contributed by atoms with Crippen LogP contribution in [0.2, 0.25) is 0 Å². The minimum atomic E-state index is 0.00713. The molecule has 1 aromatic carbocycles. The Morgan fingerprint density at radius 1 is 1.33 bits per heavy atom. The van der Waals surface area contributed by atoms with Crippen molar-refractivity contribution in [2.45, 2.75) is 44.2 Å². The standard InChI is InChI=1S/C17H26N2O2/c1-17(2,13-7-5-4-6-8-13)10-9-16(20)19-14-11-18-12-15(14)21-3/h4-8,14-15,18H,9-12H2,1-3H3,(H,19,20)/t14-,15-/m1/s1. The molecular weight excluding hydrogens is 264 g/mol. The number of ether oxygens (including phenoxy) is 1. The molecule has 0 unspecified atom stereocenters. The van der Waals surface area contributed by atoms with E-state index in [-0.39, 0.29) is 23.5 Å². The van der Waals surface area contributed by atoms with E-state index >= 15 is 0 Å². The Bertz CT molecular complexity index is 459. The van der Waals surface area contributed by atoms with Crippen LogP contribution in [0, 0.1) is 0 Å². The molecule has 116 valence electrons. The predicted octanol–water partition coefficient (Wildman–Crippen LogP) is 1.85. The van der Waals surface area contributed by atoms with Crippen molar-refractivity contribution in [2.75, 3.05) is 20.2 Å². The van der Waals surface area contributed by atoms with E-state index < -0.39 is 0 Å². The number of rotatable bonds is 6. The summed E-state index contributed by atoms with van der Waals surface area (Å²) >= 11 is 0. The fourth-order valence-electron chi connectivity index (χ4n) is 2.79. The maximum Gasteiger partial charge on any atom is 0.220 e. The van der Waals surface area contributed by atoms with Crippen molar-refractivity contribution in [3.63, 3.8) is 0 Å². The fourth-order valence-corrected chi connectivity index (χ4v) is 2.79. The third-order valence-corrected chi connectivity index (χ3v) is 4.34. The summed E-state index contributed by atoms with van der Waals surface area (Å²) in [6, 6.07) is 10.4. The minimum absolute atomic E-state index is 0.00713. The Kier molecular flexibility index (Phi) is 5.37. The lowest BCUT2D eigenvalue weighted by molar-refractivity contribution is -0.122. The molecular formula is C17H26N2O2. The maximum atomic E-state index is 12.1. The highest BCUT2D eigenvalue weighted by molar-refractivity contribution is 5.76. The lowest BCUT2D eigenvalue weighted by Gasteiger charge is -2.26. The van der Waals surface area contributed by atoms with Gasteiger partial charge in [0, 0.05) is 26.6 Å². The summed E-state index contributed by atoms with van der Waals surface area (Å²) in [5.74, 6) is 0.106. The number of amides is 1. The SMILES string of the molecule is CO[C@@H]1CNC[C@H]1NC(=O)CCC(C)(C)c1ccccc1. The lowest BCUT2D eigenvalue weighted by Crippen LogP contribution is -2.43. The molecule has 1 fully saturated rings. The summed E-state index contributed by atoms with van der Waals surface area (Å²) < 4.78 is 5.36. The van der Waals surface area contributed by atoms with Crippen LogP contribution in [0.3, 0.4) is 0 Å². The average molecular weight is 290 g/mol. The fraction of sp³-hybridized carbons (Fsp3) is 0.588. The van der Waals surface area contributed by atoms with E-state index in [1.54, 1.807) is 7.11 Å². The van der Waals surface area contributed by atoms with Crippen LogP contribution in [0.25, 0.3) is 0 Å². The molecule has 0 radical (unpaired) electrons. The van der Waals surface area contributed by atoms with Gasteiger partial charge in [-0.2, -0.15) is 0 Å². The molecule has 1 aliphatic heterocycles. The van der Waals surface area contributed by atoms with Gasteiger partial charge in [0.15, 0.2) is 0 Å². The third-order valence-electron chi connectivity index (χ3n) is 4.34. The first-order chi connectivity index (χ1) is 10.0. The Balaban J connectivity index is 1.83. The quantitative estimate of drug-likeness (QED) is 0.840. The topological polar surface area (TPSA) is 50.4 Å². The summed E-state index contributed by atoms with van der Waals surface area (Å²) in [7, 11) is 1.69. The molecule has 1 amide bonds. The highest BCUT2D eigenvalue weighted by atomic mass is 16.5. The predicted molar refractivity (Wildman–Crippen MR) is 84.3 cm³/mol. The van der Waals surface area contributed by atoms with E-state index in [0.29, 0.717) is 6.42 Å². The second-order valence-electron chi connectivity index (χ2n) is 6.36. The largest absolute Gasteiger partial charge is 0.378 e. The monoisotopic (exact) mass is 290 g/mol. The average Bonchev–Trinajstić information content (AvgIpc) is 2.93. The van der Waals surface area contributed by atoms with Gasteiger partial charge in [0.1, 0.15) is 0 Å². The Morgan fingerprint density at radius 3 is 2.71 bits per heavy atom. The molecule has 4 nitrogen and oxygen atoms in total. The Hall–Kier alpha value is -1.39. The number of nitrogens with one attached hydrogen (secondary N) is 2. The van der Waals surface area contributed by atoms with Crippen LogP contribution in [0.1, 0.15) is 32.3 Å². The van der Waals surface area contributed by atoms with Crippen LogP contribution in [0.5, 0.6) is 0 Å². The van der Waals surface area contributed by atoms with Gasteiger partial charge in [-0.3, -0.25) is 4.79 Å². The molecule has 1 aromatic rings. The smallest absolute Gasteiger partial charge is 0.220 e. The van der Waals surface area contributed by atoms with E-state index in [9.17, 15) is 4.79 Å². The van der Waals surface area contributed by atoms with Crippen LogP contribution in [-0.4, -0.2) is 38.3 Å². The molecule has 2 rings (SSSR count). The van der Waals surface area contributed by atoms with Crippen molar-refractivity contribution in [3.05, 3.63) is 35.9 Å². The molecule has 0 aliphatic carbocycles. The number of carbonyl (C=O) groups excluding carboxylic acids is 1. The van der Waals surface area contributed by atoms with Gasteiger partial charge < -0.3 is 15.4 Å². The van der Waals surface area contributed by atoms with Crippen LogP contribution >= 0.6 is 0 Å². The zero-order valence-electron chi connectivity index (χ0n) is 13.2. The van der Waals surface area contributed by atoms with Gasteiger partial charge in [0.05, 0.1) is 12.1 Å². The molecule has 1 heterocycles. The molecule has 0 aromatic heterocycles. The zero-order valence-corrected chi connectivity index (χ0v) is 13.2. The van der Waals surface area contributed by atoms with E-state index in [2.05, 4.69) is 36.6 Å². The second-order valence-corrected chi connectivity index (χ2v) is 6.36. The normalized spacial score (nSPS) is 22.2. The van der Waals surface area contributed by atoms with Gasteiger partial charge >= 0.3 is 0 Å². The number of hydrogen-bond acceptors (Lipinski definition) is 3. The van der Waals surface area contributed by atoms with Crippen LogP contribution in [0.4, 0.5) is 0 Å². The molecule has 0 bridgehead atoms. The van der Waals surface area contributed by atoms with Crippen molar-refractivity contribution in [1.29, 1.82) is 0 Å². The summed E-state index contributed by atoms with van der Waals surface area (Å²) in [4.78, 5) is 12.1. The van der Waals surface area contributed by atoms with Crippen molar-refractivity contribution in [2.24, 2.45) is 0 Å². The Labute approximate surface area is 127 Å². The lowest BCUT2D eigenvalue weighted by atomic mass is 9.80. The van der Waals surface area contributed by atoms with Gasteiger partial charge in [-0.05, 0) is 17.4 Å². The molecule has 1 aliphatic rings. The molecule has 0 spiro atoms. The number of hydrogen-bond donors (Lipinski definition) is 2. The highest BCUT2D eigenvalue weighted by Crippen LogP contribution is 2.28. The van der Waals surface area contributed by atoms with E-state index in [1.165, 1.54) is 5.56 Å². The first-order valence-corrected chi connectivity index (χ1v) is 7.61. The Morgan fingerprint density at radius 2 is 2.05 bits per heavy atom. The molecule has 21 heavy (non-hydrogen) atoms. The second kappa shape index (κ2) is 7.05. The van der Waals surface area contributed by atoms with Crippen molar-refractivity contribution in [3.8, 4) is 0 Å². The maximum absolute atomic E-state index is 12.1.